The summed E-state index contributed by atoms with van der Waals surface area (Å²) in [7, 11) is 0. The average molecular weight is 336 g/mol. The Balaban J connectivity index is 2.01. The molecule has 1 aromatic carbocycles. The van der Waals surface area contributed by atoms with Crippen molar-refractivity contribution in [1.29, 1.82) is 0 Å². The number of halogens is 1. The van der Waals surface area contributed by atoms with Crippen LogP contribution in [0, 0.1) is 0 Å². The van der Waals surface area contributed by atoms with Crippen LogP contribution in [0.5, 0.6) is 11.5 Å². The normalized spacial score (nSPS) is 13.7. The monoisotopic (exact) mass is 335 g/mol. The van der Waals surface area contributed by atoms with E-state index in [-0.39, 0.29) is 0 Å². The molecule has 1 aliphatic rings. The van der Waals surface area contributed by atoms with Crippen LogP contribution in [0.25, 0.3) is 11.3 Å². The first kappa shape index (κ1) is 16.1. The second kappa shape index (κ2) is 7.23. The summed E-state index contributed by atoms with van der Waals surface area (Å²) in [6.45, 7) is 6.97. The summed E-state index contributed by atoms with van der Waals surface area (Å²) in [5, 5.41) is 11.6. The molecule has 0 saturated carbocycles. The molecule has 0 fully saturated rings. The summed E-state index contributed by atoms with van der Waals surface area (Å²) >= 11 is 6.45. The summed E-state index contributed by atoms with van der Waals surface area (Å²) in [5.74, 6) is 1.28. The molecule has 0 radical (unpaired) electrons. The van der Waals surface area contributed by atoms with Gasteiger partial charge in [0.2, 0.25) is 0 Å². The van der Waals surface area contributed by atoms with Gasteiger partial charge in [-0.1, -0.05) is 18.5 Å². The van der Waals surface area contributed by atoms with Gasteiger partial charge in [0.05, 0.1) is 23.9 Å². The van der Waals surface area contributed by atoms with Crippen molar-refractivity contribution in [2.45, 2.75) is 33.2 Å². The Kier molecular flexibility index (Phi) is 5.08. The van der Waals surface area contributed by atoms with Gasteiger partial charge in [-0.25, -0.2) is 0 Å². The number of benzene rings is 1. The van der Waals surface area contributed by atoms with Gasteiger partial charge in [-0.3, -0.25) is 5.10 Å². The van der Waals surface area contributed by atoms with Crippen LogP contribution in [0.1, 0.15) is 31.5 Å². The number of hydrogen-bond donors (Lipinski definition) is 2. The van der Waals surface area contributed by atoms with Crippen molar-refractivity contribution in [2.75, 3.05) is 19.8 Å². The second-order valence-corrected chi connectivity index (χ2v) is 5.93. The number of aromatic nitrogens is 2. The molecule has 1 aliphatic heterocycles. The molecule has 0 bridgehead atoms. The Morgan fingerprint density at radius 3 is 2.91 bits per heavy atom. The molecule has 0 amide bonds. The first-order valence-corrected chi connectivity index (χ1v) is 8.48. The van der Waals surface area contributed by atoms with Gasteiger partial charge in [0.1, 0.15) is 0 Å². The molecule has 5 nitrogen and oxygen atoms in total. The Morgan fingerprint density at radius 1 is 1.26 bits per heavy atom. The fraction of sp³-hybridized carbons (Fsp3) is 0.471. The summed E-state index contributed by atoms with van der Waals surface area (Å²) < 4.78 is 11.5. The highest BCUT2D eigenvalue weighted by molar-refractivity contribution is 6.32. The van der Waals surface area contributed by atoms with Gasteiger partial charge in [0.15, 0.2) is 11.5 Å². The van der Waals surface area contributed by atoms with Crippen LogP contribution in [0.4, 0.5) is 0 Å². The van der Waals surface area contributed by atoms with Crippen molar-refractivity contribution < 1.29 is 9.47 Å². The zero-order valence-electron chi connectivity index (χ0n) is 13.5. The first-order chi connectivity index (χ1) is 11.2. The zero-order chi connectivity index (χ0) is 16.2. The van der Waals surface area contributed by atoms with Crippen LogP contribution in [-0.4, -0.2) is 30.0 Å². The lowest BCUT2D eigenvalue weighted by molar-refractivity contribution is 0.277. The van der Waals surface area contributed by atoms with Gasteiger partial charge >= 0.3 is 0 Å². The Bertz CT molecular complexity index is 685. The molecule has 0 atom stereocenters. The van der Waals surface area contributed by atoms with Crippen molar-refractivity contribution in [3.05, 3.63) is 28.4 Å². The third kappa shape index (κ3) is 3.31. The quantitative estimate of drug-likeness (QED) is 0.847. The van der Waals surface area contributed by atoms with Gasteiger partial charge in [-0.05, 0) is 25.5 Å². The number of aromatic amines is 1. The third-order valence-electron chi connectivity index (χ3n) is 3.84. The molecule has 3 rings (SSSR count). The lowest BCUT2D eigenvalue weighted by Gasteiger charge is -2.16. The Morgan fingerprint density at radius 2 is 2.13 bits per heavy atom. The Labute approximate surface area is 141 Å². The molecule has 124 valence electrons. The highest BCUT2D eigenvalue weighted by atomic mass is 35.5. The molecule has 2 aromatic rings. The summed E-state index contributed by atoms with van der Waals surface area (Å²) in [5.41, 5.74) is 4.27. The molecule has 0 spiro atoms. The lowest BCUT2D eigenvalue weighted by atomic mass is 10.0. The van der Waals surface area contributed by atoms with Crippen molar-refractivity contribution in [3.8, 4) is 22.8 Å². The number of fused-ring (bicyclic) bond motifs is 1. The predicted octanol–water partition coefficient (Wildman–Crippen LogP) is 3.56. The number of hydrogen-bond acceptors (Lipinski definition) is 4. The van der Waals surface area contributed by atoms with E-state index in [0.29, 0.717) is 29.7 Å². The highest BCUT2D eigenvalue weighted by Crippen LogP contribution is 2.40. The van der Waals surface area contributed by atoms with E-state index >= 15 is 0 Å². The number of nitrogens with zero attached hydrogens (tertiary/aromatic N) is 1. The van der Waals surface area contributed by atoms with E-state index in [4.69, 9.17) is 21.1 Å². The fourth-order valence-corrected chi connectivity index (χ4v) is 3.04. The smallest absolute Gasteiger partial charge is 0.179 e. The molecule has 2 N–H and O–H groups in total. The van der Waals surface area contributed by atoms with E-state index in [0.717, 1.165) is 37.2 Å². The van der Waals surface area contributed by atoms with Crippen LogP contribution in [0.2, 0.25) is 5.02 Å². The van der Waals surface area contributed by atoms with Gasteiger partial charge in [0, 0.05) is 36.3 Å². The van der Waals surface area contributed by atoms with E-state index in [2.05, 4.69) is 22.4 Å². The summed E-state index contributed by atoms with van der Waals surface area (Å²) in [6, 6.07) is 3.87. The van der Waals surface area contributed by atoms with E-state index in [9.17, 15) is 0 Å². The predicted molar refractivity (Wildman–Crippen MR) is 91.4 cm³/mol. The van der Waals surface area contributed by atoms with Crippen molar-refractivity contribution in [3.63, 3.8) is 0 Å². The maximum absolute atomic E-state index is 6.45. The minimum atomic E-state index is 0.555. The van der Waals surface area contributed by atoms with Gasteiger partial charge < -0.3 is 14.8 Å². The third-order valence-corrected chi connectivity index (χ3v) is 4.12. The van der Waals surface area contributed by atoms with Crippen LogP contribution in [0.3, 0.4) is 0 Å². The van der Waals surface area contributed by atoms with Gasteiger partial charge in [0.25, 0.3) is 0 Å². The van der Waals surface area contributed by atoms with Gasteiger partial charge in [-0.15, -0.1) is 0 Å². The highest BCUT2D eigenvalue weighted by Gasteiger charge is 2.20. The molecule has 1 aromatic heterocycles. The molecule has 23 heavy (non-hydrogen) atoms. The standard InChI is InChI=1S/C17H22ClN3O2/c1-3-7-23-17-13(18)8-11(9-15(17)22-4-2)16-12-10-19-6-5-14(12)20-21-16/h8-9,19H,3-7,10H2,1-2H3,(H,20,21). The molecule has 6 heteroatoms. The zero-order valence-corrected chi connectivity index (χ0v) is 14.3. The molecule has 0 aliphatic carbocycles. The first-order valence-electron chi connectivity index (χ1n) is 8.10. The van der Waals surface area contributed by atoms with E-state index in [1.165, 1.54) is 11.3 Å². The maximum Gasteiger partial charge on any atom is 0.179 e. The largest absolute Gasteiger partial charge is 0.490 e. The van der Waals surface area contributed by atoms with E-state index in [1.807, 2.05) is 19.1 Å². The van der Waals surface area contributed by atoms with Crippen LogP contribution >= 0.6 is 11.6 Å². The minimum Gasteiger partial charge on any atom is -0.490 e. The van der Waals surface area contributed by atoms with E-state index in [1.54, 1.807) is 0 Å². The van der Waals surface area contributed by atoms with Crippen LogP contribution in [0.15, 0.2) is 12.1 Å². The van der Waals surface area contributed by atoms with Crippen molar-refractivity contribution >= 4 is 11.6 Å². The lowest BCUT2D eigenvalue weighted by Crippen LogP contribution is -2.23. The van der Waals surface area contributed by atoms with E-state index < -0.39 is 0 Å². The summed E-state index contributed by atoms with van der Waals surface area (Å²) in [4.78, 5) is 0. The fourth-order valence-electron chi connectivity index (χ4n) is 2.78. The molecule has 2 heterocycles. The van der Waals surface area contributed by atoms with Crippen LogP contribution in [-0.2, 0) is 13.0 Å². The SMILES string of the molecule is CCCOc1c(Cl)cc(-c2n[nH]c3c2CNCC3)cc1OCC. The number of nitrogens with one attached hydrogen (secondary N) is 2. The molecular weight excluding hydrogens is 314 g/mol. The molecular formula is C17H22ClN3O2. The number of rotatable bonds is 6. The van der Waals surface area contributed by atoms with Gasteiger partial charge in [-0.2, -0.15) is 5.10 Å². The minimum absolute atomic E-state index is 0.555. The topological polar surface area (TPSA) is 59.2 Å². The second-order valence-electron chi connectivity index (χ2n) is 5.52. The van der Waals surface area contributed by atoms with Crippen molar-refractivity contribution in [1.82, 2.24) is 15.5 Å². The molecule has 0 unspecified atom stereocenters. The Hall–Kier alpha value is -1.72. The number of ether oxygens (including phenoxy) is 2. The van der Waals surface area contributed by atoms with Crippen molar-refractivity contribution in [2.24, 2.45) is 0 Å². The average Bonchev–Trinajstić information content (AvgIpc) is 2.98. The maximum atomic E-state index is 6.45. The molecule has 0 saturated heterocycles. The van der Waals surface area contributed by atoms with Crippen LogP contribution < -0.4 is 14.8 Å². The summed E-state index contributed by atoms with van der Waals surface area (Å²) in [6.07, 6.45) is 1.88. The number of H-pyrrole nitrogens is 1.